The second-order valence-electron chi connectivity index (χ2n) is 11.6. The van der Waals surface area contributed by atoms with Crippen molar-refractivity contribution in [3.05, 3.63) is 0 Å². The van der Waals surface area contributed by atoms with Crippen molar-refractivity contribution in [1.82, 2.24) is 21.5 Å². The van der Waals surface area contributed by atoms with Crippen molar-refractivity contribution in [3.63, 3.8) is 0 Å². The van der Waals surface area contributed by atoms with Gasteiger partial charge in [-0.25, -0.2) is 0 Å². The van der Waals surface area contributed by atoms with Gasteiger partial charge < -0.3 is 15.7 Å². The van der Waals surface area contributed by atoms with Gasteiger partial charge in [-0.1, -0.05) is 0 Å². The lowest BCUT2D eigenvalue weighted by Gasteiger charge is -2.50. The maximum Gasteiger partial charge on any atom is 0.0619 e. The topological polar surface area (TPSA) is 68.3 Å². The third kappa shape index (κ3) is 4.15. The fraction of sp³-hybridized carbons (Fsp3) is 1.00. The SMILES string of the molecule is CC(C)(O)C1CCC(C2NNC3CNC4CCC(C5CCCNC5)CC4C32)CC1. The molecule has 0 aromatic rings. The van der Waals surface area contributed by atoms with Crippen molar-refractivity contribution < 1.29 is 5.11 Å². The van der Waals surface area contributed by atoms with Crippen LogP contribution in [-0.4, -0.2) is 48.5 Å². The maximum absolute atomic E-state index is 10.4. The highest BCUT2D eigenvalue weighted by molar-refractivity contribution is 5.07. The number of hydrogen-bond donors (Lipinski definition) is 5. The second-order valence-corrected chi connectivity index (χ2v) is 11.6. The first kappa shape index (κ1) is 20.7. The van der Waals surface area contributed by atoms with Gasteiger partial charge in [-0.05, 0) is 120 Å². The molecule has 3 saturated heterocycles. The molecule has 0 bridgehead atoms. The van der Waals surface area contributed by atoms with Crippen LogP contribution in [0.5, 0.6) is 0 Å². The van der Waals surface area contributed by atoms with Crippen molar-refractivity contribution in [3.8, 4) is 0 Å². The van der Waals surface area contributed by atoms with Gasteiger partial charge in [0.25, 0.3) is 0 Å². The summed E-state index contributed by atoms with van der Waals surface area (Å²) in [7, 11) is 0. The molecule has 0 amide bonds. The molecule has 5 nitrogen and oxygen atoms in total. The van der Waals surface area contributed by atoms with Gasteiger partial charge in [0.1, 0.15) is 0 Å². The lowest BCUT2D eigenvalue weighted by molar-refractivity contribution is -0.0131. The lowest BCUT2D eigenvalue weighted by Crippen LogP contribution is -2.59. The summed E-state index contributed by atoms with van der Waals surface area (Å²) in [4.78, 5) is 0. The van der Waals surface area contributed by atoms with Crippen molar-refractivity contribution in [1.29, 1.82) is 0 Å². The summed E-state index contributed by atoms with van der Waals surface area (Å²) in [5, 5.41) is 18.0. The van der Waals surface area contributed by atoms with E-state index in [4.69, 9.17) is 0 Å². The lowest BCUT2D eigenvalue weighted by atomic mass is 9.61. The first-order valence-electron chi connectivity index (χ1n) is 12.7. The van der Waals surface area contributed by atoms with Crippen LogP contribution in [-0.2, 0) is 0 Å². The Kier molecular flexibility index (Phi) is 5.98. The number of aliphatic hydroxyl groups is 1. The van der Waals surface area contributed by atoms with Gasteiger partial charge in [0.2, 0.25) is 0 Å². The average Bonchev–Trinajstić information content (AvgIpc) is 3.18. The molecule has 7 unspecified atom stereocenters. The summed E-state index contributed by atoms with van der Waals surface area (Å²) < 4.78 is 0. The van der Waals surface area contributed by atoms with E-state index in [0.717, 1.165) is 42.2 Å². The first-order valence-corrected chi connectivity index (χ1v) is 12.7. The van der Waals surface area contributed by atoms with Crippen LogP contribution in [0.15, 0.2) is 0 Å². The molecule has 166 valence electrons. The third-order valence-corrected chi connectivity index (χ3v) is 9.63. The summed E-state index contributed by atoms with van der Waals surface area (Å²) >= 11 is 0. The Morgan fingerprint density at radius 1 is 0.793 bits per heavy atom. The van der Waals surface area contributed by atoms with E-state index in [9.17, 15) is 5.11 Å². The summed E-state index contributed by atoms with van der Waals surface area (Å²) in [6, 6.07) is 1.96. The molecule has 0 aromatic carbocycles. The van der Waals surface area contributed by atoms with Crippen molar-refractivity contribution in [2.24, 2.45) is 35.5 Å². The van der Waals surface area contributed by atoms with Crippen LogP contribution in [0.3, 0.4) is 0 Å². The number of fused-ring (bicyclic) bond motifs is 3. The summed E-state index contributed by atoms with van der Waals surface area (Å²) in [6.07, 6.45) is 12.0. The Bertz CT molecular complexity index is 550. The van der Waals surface area contributed by atoms with Crippen LogP contribution < -0.4 is 21.5 Å². The largest absolute Gasteiger partial charge is 0.390 e. The van der Waals surface area contributed by atoms with Gasteiger partial charge in [0, 0.05) is 24.7 Å². The minimum absolute atomic E-state index is 0.475. The van der Waals surface area contributed by atoms with E-state index in [1.165, 1.54) is 70.9 Å². The molecule has 0 radical (unpaired) electrons. The molecule has 3 heterocycles. The normalized spacial score (nSPS) is 48.7. The van der Waals surface area contributed by atoms with Crippen molar-refractivity contribution in [2.45, 2.75) is 95.4 Å². The zero-order valence-corrected chi connectivity index (χ0v) is 18.6. The highest BCUT2D eigenvalue weighted by atomic mass is 16.3. The summed E-state index contributed by atoms with van der Waals surface area (Å²) in [5.74, 6) is 4.69. The quantitative estimate of drug-likeness (QED) is 0.500. The minimum Gasteiger partial charge on any atom is -0.390 e. The van der Waals surface area contributed by atoms with Gasteiger partial charge >= 0.3 is 0 Å². The van der Waals surface area contributed by atoms with Gasteiger partial charge in [0.15, 0.2) is 0 Å². The van der Waals surface area contributed by atoms with Crippen LogP contribution in [0.25, 0.3) is 0 Å². The fourth-order valence-corrected chi connectivity index (χ4v) is 7.92. The smallest absolute Gasteiger partial charge is 0.0619 e. The van der Waals surface area contributed by atoms with Crippen LogP contribution in [0.2, 0.25) is 0 Å². The van der Waals surface area contributed by atoms with Crippen LogP contribution in [0.4, 0.5) is 0 Å². The Balaban J connectivity index is 1.26. The fourth-order valence-electron chi connectivity index (χ4n) is 7.92. The Hall–Kier alpha value is -0.200. The number of hydrazine groups is 1. The Labute approximate surface area is 177 Å². The minimum atomic E-state index is -0.515. The first-order chi connectivity index (χ1) is 14.0. The van der Waals surface area contributed by atoms with Gasteiger partial charge in [-0.15, -0.1) is 0 Å². The number of hydrogen-bond acceptors (Lipinski definition) is 5. The third-order valence-electron chi connectivity index (χ3n) is 9.63. The van der Waals surface area contributed by atoms with E-state index in [-0.39, 0.29) is 0 Å². The molecule has 0 aromatic heterocycles. The molecule has 0 spiro atoms. The zero-order valence-electron chi connectivity index (χ0n) is 18.6. The summed E-state index contributed by atoms with van der Waals surface area (Å²) in [5.41, 5.74) is 6.97. The molecule has 7 atom stereocenters. The van der Waals surface area contributed by atoms with E-state index < -0.39 is 5.60 Å². The molecule has 3 aliphatic heterocycles. The van der Waals surface area contributed by atoms with Crippen LogP contribution >= 0.6 is 0 Å². The number of nitrogens with one attached hydrogen (secondary N) is 4. The molecule has 2 saturated carbocycles. The molecule has 2 aliphatic carbocycles. The van der Waals surface area contributed by atoms with E-state index in [1.807, 2.05) is 13.8 Å². The Morgan fingerprint density at radius 2 is 1.59 bits per heavy atom. The van der Waals surface area contributed by atoms with Crippen molar-refractivity contribution >= 4 is 0 Å². The standard InChI is InChI=1S/C24H44N4O/c1-24(2,29)18-8-5-15(6-9-18)23-22-19-12-16(17-4-3-11-25-13-17)7-10-20(19)26-14-21(22)27-28-23/h15-23,25-29H,3-14H2,1-2H3. The van der Waals surface area contributed by atoms with E-state index in [1.54, 1.807) is 0 Å². The molecule has 29 heavy (non-hydrogen) atoms. The highest BCUT2D eigenvalue weighted by Gasteiger charge is 2.51. The van der Waals surface area contributed by atoms with E-state index in [0.29, 0.717) is 18.0 Å². The van der Waals surface area contributed by atoms with Crippen LogP contribution in [0, 0.1) is 35.5 Å². The molecule has 5 N–H and O–H groups in total. The second kappa shape index (κ2) is 8.38. The highest BCUT2D eigenvalue weighted by Crippen LogP contribution is 2.47. The van der Waals surface area contributed by atoms with Gasteiger partial charge in [0.05, 0.1) is 5.60 Å². The molecular weight excluding hydrogens is 360 g/mol. The van der Waals surface area contributed by atoms with E-state index in [2.05, 4.69) is 21.5 Å². The summed E-state index contributed by atoms with van der Waals surface area (Å²) in [6.45, 7) is 7.62. The molecule has 5 rings (SSSR count). The number of rotatable bonds is 3. The van der Waals surface area contributed by atoms with E-state index >= 15 is 0 Å². The zero-order chi connectivity index (χ0) is 20.0. The molecular formula is C24H44N4O. The predicted octanol–water partition coefficient (Wildman–Crippen LogP) is 2.41. The van der Waals surface area contributed by atoms with Crippen LogP contribution in [0.1, 0.15) is 71.6 Å². The van der Waals surface area contributed by atoms with Gasteiger partial charge in [-0.2, -0.15) is 0 Å². The number of piperidine rings is 2. The predicted molar refractivity (Wildman–Crippen MR) is 117 cm³/mol. The monoisotopic (exact) mass is 404 g/mol. The Morgan fingerprint density at radius 3 is 2.31 bits per heavy atom. The average molecular weight is 405 g/mol. The molecule has 5 heteroatoms. The molecule has 5 fully saturated rings. The van der Waals surface area contributed by atoms with Gasteiger partial charge in [-0.3, -0.25) is 10.9 Å². The van der Waals surface area contributed by atoms with Crippen molar-refractivity contribution in [2.75, 3.05) is 19.6 Å². The molecule has 5 aliphatic rings. The maximum atomic E-state index is 10.4.